The molecule has 0 amide bonds. The first-order chi connectivity index (χ1) is 12.8. The molecule has 0 aliphatic carbocycles. The van der Waals surface area contributed by atoms with Crippen LogP contribution in [0, 0.1) is 5.82 Å². The highest BCUT2D eigenvalue weighted by Gasteiger charge is 2.49. The molecule has 0 saturated carbocycles. The van der Waals surface area contributed by atoms with Crippen LogP contribution >= 0.6 is 7.26 Å². The third-order valence-corrected chi connectivity index (χ3v) is 8.95. The molecule has 4 rings (SSSR count). The lowest BCUT2D eigenvalue weighted by Crippen LogP contribution is -2.39. The first kappa shape index (κ1) is 16.7. The average Bonchev–Trinajstić information content (AvgIpc) is 2.72. The minimum Gasteiger partial charge on any atom is -0.203 e. The summed E-state index contributed by atoms with van der Waals surface area (Å²) in [6, 6.07) is 38.2. The van der Waals surface area contributed by atoms with E-state index < -0.39 is 7.26 Å². The van der Waals surface area contributed by atoms with Gasteiger partial charge in [0.25, 0.3) is 0 Å². The summed E-state index contributed by atoms with van der Waals surface area (Å²) in [5, 5.41) is 4.23. The molecule has 4 aromatic rings. The van der Waals surface area contributed by atoms with Crippen molar-refractivity contribution in [1.82, 2.24) is 0 Å². The van der Waals surface area contributed by atoms with Crippen molar-refractivity contribution in [3.8, 4) is 0 Å². The second kappa shape index (κ2) is 7.23. The van der Waals surface area contributed by atoms with E-state index in [2.05, 4.69) is 36.4 Å². The zero-order valence-electron chi connectivity index (χ0n) is 14.3. The van der Waals surface area contributed by atoms with Crippen LogP contribution in [0.3, 0.4) is 0 Å². The first-order valence-electron chi connectivity index (χ1n) is 8.64. The standard InChI is InChI=1S/C24H19FP/c25-23-18-10-11-19-24(23)26(20-12-4-1-5-13-20,21-14-6-2-7-15-21)22-16-8-3-9-17-22/h1-19H/q+1. The van der Waals surface area contributed by atoms with Gasteiger partial charge in [-0.05, 0) is 48.5 Å². The fourth-order valence-electron chi connectivity index (χ4n) is 3.54. The lowest BCUT2D eigenvalue weighted by atomic mass is 10.3. The Balaban J connectivity index is 2.17. The molecule has 26 heavy (non-hydrogen) atoms. The molecule has 2 heteroatoms. The third-order valence-electron chi connectivity index (χ3n) is 4.64. The van der Waals surface area contributed by atoms with E-state index in [1.165, 1.54) is 0 Å². The number of rotatable bonds is 4. The molecule has 0 heterocycles. The van der Waals surface area contributed by atoms with Gasteiger partial charge in [0.1, 0.15) is 28.5 Å². The predicted molar refractivity (Wildman–Crippen MR) is 111 cm³/mol. The highest BCUT2D eigenvalue weighted by atomic mass is 31.2. The summed E-state index contributed by atoms with van der Waals surface area (Å²) in [5.41, 5.74) is 0. The van der Waals surface area contributed by atoms with Gasteiger partial charge in [0.15, 0.2) is 5.82 Å². The molecule has 126 valence electrons. The molecule has 0 saturated heterocycles. The van der Waals surface area contributed by atoms with Crippen LogP contribution < -0.4 is 21.2 Å². The van der Waals surface area contributed by atoms with E-state index in [0.29, 0.717) is 0 Å². The van der Waals surface area contributed by atoms with Gasteiger partial charge < -0.3 is 0 Å². The van der Waals surface area contributed by atoms with Crippen LogP contribution in [-0.2, 0) is 0 Å². The lowest BCUT2D eigenvalue weighted by Gasteiger charge is -2.27. The zero-order chi connectivity index (χ0) is 17.8. The van der Waals surface area contributed by atoms with Crippen molar-refractivity contribution in [2.45, 2.75) is 0 Å². The number of hydrogen-bond acceptors (Lipinski definition) is 0. The number of benzene rings is 4. The maximum atomic E-state index is 15.2. The van der Waals surface area contributed by atoms with Crippen molar-refractivity contribution in [3.05, 3.63) is 121 Å². The quantitative estimate of drug-likeness (QED) is 0.474. The van der Waals surface area contributed by atoms with E-state index in [4.69, 9.17) is 0 Å². The highest BCUT2D eigenvalue weighted by molar-refractivity contribution is 8.01. The summed E-state index contributed by atoms with van der Waals surface area (Å²) in [4.78, 5) is 0. The Hall–Kier alpha value is -2.76. The molecule has 0 fully saturated rings. The molecule has 0 radical (unpaired) electrons. The van der Waals surface area contributed by atoms with Crippen LogP contribution in [-0.4, -0.2) is 0 Å². The predicted octanol–water partition coefficient (Wildman–Crippen LogP) is 4.45. The number of halogens is 1. The SMILES string of the molecule is Fc1ccccc1[P+](c1ccccc1)(c1ccccc1)c1ccccc1. The minimum atomic E-state index is -2.32. The topological polar surface area (TPSA) is 0 Å². The average molecular weight is 357 g/mol. The van der Waals surface area contributed by atoms with Gasteiger partial charge in [-0.2, -0.15) is 0 Å². The van der Waals surface area contributed by atoms with Crippen LogP contribution in [0.4, 0.5) is 4.39 Å². The molecule has 0 aliphatic heterocycles. The van der Waals surface area contributed by atoms with Gasteiger partial charge in [-0.25, -0.2) is 4.39 Å². The van der Waals surface area contributed by atoms with Crippen molar-refractivity contribution in [2.24, 2.45) is 0 Å². The van der Waals surface area contributed by atoms with Gasteiger partial charge >= 0.3 is 0 Å². The van der Waals surface area contributed by atoms with Gasteiger partial charge in [0, 0.05) is 0 Å². The Morgan fingerprint density at radius 3 is 1.15 bits per heavy atom. The van der Waals surface area contributed by atoms with Crippen molar-refractivity contribution in [3.63, 3.8) is 0 Å². The van der Waals surface area contributed by atoms with Crippen molar-refractivity contribution in [2.75, 3.05) is 0 Å². The van der Waals surface area contributed by atoms with Crippen molar-refractivity contribution in [1.29, 1.82) is 0 Å². The van der Waals surface area contributed by atoms with Gasteiger partial charge in [-0.1, -0.05) is 66.7 Å². The maximum absolute atomic E-state index is 15.2. The van der Waals surface area contributed by atoms with Gasteiger partial charge in [0.2, 0.25) is 0 Å². The Labute approximate surface area is 154 Å². The molecular formula is C24H19FP+. The van der Waals surface area contributed by atoms with Gasteiger partial charge in [-0.15, -0.1) is 0 Å². The Morgan fingerprint density at radius 2 is 0.769 bits per heavy atom. The van der Waals surface area contributed by atoms with Crippen LogP contribution in [0.2, 0.25) is 0 Å². The van der Waals surface area contributed by atoms with Crippen LogP contribution in [0.1, 0.15) is 0 Å². The molecular weight excluding hydrogens is 338 g/mol. The molecule has 0 nitrogen and oxygen atoms in total. The van der Waals surface area contributed by atoms with E-state index in [1.54, 1.807) is 12.1 Å². The molecule has 0 aliphatic rings. The van der Waals surface area contributed by atoms with Gasteiger partial charge in [-0.3, -0.25) is 0 Å². The maximum Gasteiger partial charge on any atom is 0.166 e. The number of hydrogen-bond donors (Lipinski definition) is 0. The Bertz CT molecular complexity index is 885. The highest BCUT2D eigenvalue weighted by Crippen LogP contribution is 2.54. The third kappa shape index (κ3) is 2.75. The first-order valence-corrected chi connectivity index (χ1v) is 10.4. The van der Waals surface area contributed by atoms with Crippen LogP contribution in [0.25, 0.3) is 0 Å². The van der Waals surface area contributed by atoms with Gasteiger partial charge in [0.05, 0.1) is 0 Å². The monoisotopic (exact) mass is 357 g/mol. The van der Waals surface area contributed by atoms with Crippen LogP contribution in [0.15, 0.2) is 115 Å². The zero-order valence-corrected chi connectivity index (χ0v) is 15.2. The summed E-state index contributed by atoms with van der Waals surface area (Å²) >= 11 is 0. The van der Waals surface area contributed by atoms with Crippen LogP contribution in [0.5, 0.6) is 0 Å². The van der Waals surface area contributed by atoms with E-state index in [-0.39, 0.29) is 5.82 Å². The Morgan fingerprint density at radius 1 is 0.423 bits per heavy atom. The van der Waals surface area contributed by atoms with Crippen molar-refractivity contribution >= 4 is 28.5 Å². The lowest BCUT2D eigenvalue weighted by molar-refractivity contribution is 0.636. The molecule has 0 spiro atoms. The second-order valence-corrected chi connectivity index (χ2v) is 9.50. The fraction of sp³-hybridized carbons (Fsp3) is 0. The normalized spacial score (nSPS) is 11.3. The van der Waals surface area contributed by atoms with Crippen molar-refractivity contribution < 1.29 is 4.39 Å². The van der Waals surface area contributed by atoms with E-state index >= 15 is 4.39 Å². The minimum absolute atomic E-state index is 0.155. The smallest absolute Gasteiger partial charge is 0.166 e. The Kier molecular flexibility index (Phi) is 4.65. The molecule has 4 aromatic carbocycles. The summed E-state index contributed by atoms with van der Waals surface area (Å²) in [6.45, 7) is 0. The molecule has 0 atom stereocenters. The van der Waals surface area contributed by atoms with E-state index in [1.807, 2.05) is 66.7 Å². The molecule has 0 N–H and O–H groups in total. The molecule has 0 aromatic heterocycles. The molecule has 0 unspecified atom stereocenters. The second-order valence-electron chi connectivity index (χ2n) is 6.13. The summed E-state index contributed by atoms with van der Waals surface area (Å²) in [7, 11) is -2.32. The summed E-state index contributed by atoms with van der Waals surface area (Å²) < 4.78 is 15.2. The van der Waals surface area contributed by atoms with E-state index in [0.717, 1.165) is 21.2 Å². The fourth-order valence-corrected chi connectivity index (χ4v) is 7.83. The summed E-state index contributed by atoms with van der Waals surface area (Å²) in [5.74, 6) is -0.155. The van der Waals surface area contributed by atoms with E-state index in [9.17, 15) is 0 Å². The molecule has 0 bridgehead atoms. The summed E-state index contributed by atoms with van der Waals surface area (Å²) in [6.07, 6.45) is 0. The largest absolute Gasteiger partial charge is 0.203 e.